The second kappa shape index (κ2) is 7.21. The van der Waals surface area contributed by atoms with Crippen LogP contribution in [0.2, 0.25) is 0 Å². The Hall–Kier alpha value is -3.08. The van der Waals surface area contributed by atoms with Gasteiger partial charge in [-0.1, -0.05) is 13.0 Å². The molecular formula is C20H23NO4. The summed E-state index contributed by atoms with van der Waals surface area (Å²) in [5.74, 6) is -0.169. The number of hydrogen-bond donors (Lipinski definition) is 4. The zero-order chi connectivity index (χ0) is 18.7. The molecule has 0 spiro atoms. The maximum atomic E-state index is 10.3. The molecule has 5 nitrogen and oxygen atoms in total. The minimum Gasteiger partial charge on any atom is -0.508 e. The summed E-state index contributed by atoms with van der Waals surface area (Å²) in [5, 5.41) is 40.1. The van der Waals surface area contributed by atoms with E-state index in [2.05, 4.69) is 6.58 Å². The number of phenolic OH excluding ortho intramolecular Hbond substituents is 3. The van der Waals surface area contributed by atoms with Crippen molar-refractivity contribution in [2.45, 2.75) is 27.2 Å². The molecule has 132 valence electrons. The quantitative estimate of drug-likeness (QED) is 0.599. The summed E-state index contributed by atoms with van der Waals surface area (Å²) in [7, 11) is 0. The van der Waals surface area contributed by atoms with Crippen LogP contribution in [-0.4, -0.2) is 20.4 Å². The van der Waals surface area contributed by atoms with Gasteiger partial charge in [0.25, 0.3) is 0 Å². The highest BCUT2D eigenvalue weighted by Crippen LogP contribution is 2.38. The van der Waals surface area contributed by atoms with E-state index in [1.54, 1.807) is 38.1 Å². The van der Waals surface area contributed by atoms with E-state index in [4.69, 9.17) is 0 Å². The lowest BCUT2D eigenvalue weighted by Crippen LogP contribution is -2.20. The summed E-state index contributed by atoms with van der Waals surface area (Å²) in [6.07, 6.45) is 2.32. The smallest absolute Gasteiger partial charge is 0.188 e. The van der Waals surface area contributed by atoms with Crippen LogP contribution in [0.3, 0.4) is 0 Å². The number of rotatable bonds is 5. The number of allylic oxidation sites excluding steroid dienone is 1. The minimum atomic E-state index is -0.233. The Morgan fingerprint density at radius 3 is 2.28 bits per heavy atom. The summed E-state index contributed by atoms with van der Waals surface area (Å²) in [6, 6.07) is 7.85. The van der Waals surface area contributed by atoms with Gasteiger partial charge in [-0.2, -0.15) is 0 Å². The van der Waals surface area contributed by atoms with Crippen molar-refractivity contribution in [2.75, 3.05) is 4.90 Å². The van der Waals surface area contributed by atoms with Crippen LogP contribution < -0.4 is 4.90 Å². The molecule has 0 atom stereocenters. The molecule has 0 aliphatic heterocycles. The third kappa shape index (κ3) is 3.55. The number of hydrogen-bond acceptors (Lipinski definition) is 5. The van der Waals surface area contributed by atoms with Crippen LogP contribution in [0.25, 0.3) is 5.70 Å². The molecule has 2 rings (SSSR count). The predicted molar refractivity (Wildman–Crippen MR) is 99.9 cm³/mol. The molecule has 2 aromatic carbocycles. The van der Waals surface area contributed by atoms with Gasteiger partial charge in [-0.15, -0.1) is 0 Å². The highest BCUT2D eigenvalue weighted by Gasteiger charge is 2.21. The molecule has 0 radical (unpaired) electrons. The number of aliphatic hydroxyl groups is 1. The van der Waals surface area contributed by atoms with Crippen molar-refractivity contribution < 1.29 is 20.4 Å². The monoisotopic (exact) mass is 341 g/mol. The van der Waals surface area contributed by atoms with Crippen molar-refractivity contribution >= 4 is 11.4 Å². The Balaban J connectivity index is 2.64. The number of nitrogens with zero attached hydrogens (tertiary/aromatic N) is 1. The lowest BCUT2D eigenvalue weighted by Gasteiger charge is -2.27. The van der Waals surface area contributed by atoms with Crippen LogP contribution in [0.5, 0.6) is 17.2 Å². The molecule has 0 aromatic heterocycles. The third-order valence-corrected chi connectivity index (χ3v) is 4.06. The molecule has 0 saturated heterocycles. The molecule has 4 N–H and O–H groups in total. The maximum absolute atomic E-state index is 10.3. The van der Waals surface area contributed by atoms with E-state index in [1.165, 1.54) is 17.0 Å². The van der Waals surface area contributed by atoms with Crippen LogP contribution >= 0.6 is 0 Å². The summed E-state index contributed by atoms with van der Waals surface area (Å²) in [6.45, 7) is 9.04. The number of phenols is 3. The van der Waals surface area contributed by atoms with E-state index in [9.17, 15) is 20.4 Å². The molecule has 0 aliphatic rings. The van der Waals surface area contributed by atoms with Crippen molar-refractivity contribution in [2.24, 2.45) is 0 Å². The van der Waals surface area contributed by atoms with E-state index in [0.29, 0.717) is 34.5 Å². The standard InChI is InChI=1S/C20H23NO4/c1-5-14-10-16(20(25)11-19(14)24)17(6-2)21(13(4)22)15-7-8-18(23)12(3)9-15/h6-11,22-25H,4-5H2,1-3H3/b17-6-. The van der Waals surface area contributed by atoms with Gasteiger partial charge in [0, 0.05) is 17.3 Å². The second-order valence-electron chi connectivity index (χ2n) is 5.75. The lowest BCUT2D eigenvalue weighted by molar-refractivity contribution is 0.405. The molecule has 0 heterocycles. The molecule has 25 heavy (non-hydrogen) atoms. The van der Waals surface area contributed by atoms with Gasteiger partial charge in [-0.25, -0.2) is 0 Å². The average molecular weight is 341 g/mol. The van der Waals surface area contributed by atoms with Crippen molar-refractivity contribution in [1.29, 1.82) is 0 Å². The van der Waals surface area contributed by atoms with E-state index >= 15 is 0 Å². The first-order chi connectivity index (χ1) is 11.8. The van der Waals surface area contributed by atoms with E-state index in [0.717, 1.165) is 0 Å². The van der Waals surface area contributed by atoms with Gasteiger partial charge < -0.3 is 20.4 Å². The highest BCUT2D eigenvalue weighted by molar-refractivity contribution is 5.85. The predicted octanol–water partition coefficient (Wildman–Crippen LogP) is 4.57. The van der Waals surface area contributed by atoms with Crippen molar-refractivity contribution in [3.05, 3.63) is 65.6 Å². The normalized spacial score (nSPS) is 11.4. The summed E-state index contributed by atoms with van der Waals surface area (Å²) >= 11 is 0. The lowest BCUT2D eigenvalue weighted by atomic mass is 10.0. The molecule has 0 unspecified atom stereocenters. The minimum absolute atomic E-state index is 0.0223. The number of aryl methyl sites for hydroxylation is 2. The number of aromatic hydroxyl groups is 3. The largest absolute Gasteiger partial charge is 0.508 e. The van der Waals surface area contributed by atoms with Crippen LogP contribution in [0.15, 0.2) is 48.9 Å². The molecule has 0 bridgehead atoms. The zero-order valence-corrected chi connectivity index (χ0v) is 14.6. The second-order valence-corrected chi connectivity index (χ2v) is 5.75. The van der Waals surface area contributed by atoms with Gasteiger partial charge in [0.15, 0.2) is 5.88 Å². The summed E-state index contributed by atoms with van der Waals surface area (Å²) in [4.78, 5) is 1.47. The number of anilines is 1. The van der Waals surface area contributed by atoms with Gasteiger partial charge in [0.1, 0.15) is 17.2 Å². The van der Waals surface area contributed by atoms with E-state index in [1.807, 2.05) is 6.92 Å². The molecule has 0 amide bonds. The van der Waals surface area contributed by atoms with Gasteiger partial charge in [0.05, 0.1) is 5.70 Å². The van der Waals surface area contributed by atoms with E-state index in [-0.39, 0.29) is 23.1 Å². The van der Waals surface area contributed by atoms with Gasteiger partial charge in [0.2, 0.25) is 0 Å². The highest BCUT2D eigenvalue weighted by atomic mass is 16.3. The summed E-state index contributed by atoms with van der Waals surface area (Å²) in [5.41, 5.74) is 2.87. The van der Waals surface area contributed by atoms with E-state index < -0.39 is 0 Å². The first-order valence-electron chi connectivity index (χ1n) is 7.99. The third-order valence-electron chi connectivity index (χ3n) is 4.06. The fourth-order valence-electron chi connectivity index (χ4n) is 2.72. The van der Waals surface area contributed by atoms with Crippen molar-refractivity contribution in [3.63, 3.8) is 0 Å². The molecule has 2 aromatic rings. The van der Waals surface area contributed by atoms with Gasteiger partial charge >= 0.3 is 0 Å². The SMILES string of the molecule is C=C(O)N(/C(=C\C)c1cc(CC)c(O)cc1O)c1ccc(O)c(C)c1. The fourth-order valence-corrected chi connectivity index (χ4v) is 2.72. The summed E-state index contributed by atoms with van der Waals surface area (Å²) < 4.78 is 0. The first-order valence-corrected chi connectivity index (χ1v) is 7.99. The molecule has 5 heteroatoms. The Bertz CT molecular complexity index is 840. The Kier molecular flexibility index (Phi) is 5.27. The Morgan fingerprint density at radius 1 is 1.08 bits per heavy atom. The number of benzene rings is 2. The van der Waals surface area contributed by atoms with Crippen LogP contribution in [0.1, 0.15) is 30.5 Å². The first kappa shape index (κ1) is 18.3. The molecule has 0 aliphatic carbocycles. The number of aliphatic hydroxyl groups excluding tert-OH is 1. The Labute approximate surface area is 147 Å². The molecular weight excluding hydrogens is 318 g/mol. The van der Waals surface area contributed by atoms with Crippen LogP contribution in [0.4, 0.5) is 5.69 Å². The Morgan fingerprint density at radius 2 is 1.76 bits per heavy atom. The van der Waals surface area contributed by atoms with Crippen molar-refractivity contribution in [3.8, 4) is 17.2 Å². The van der Waals surface area contributed by atoms with Crippen LogP contribution in [-0.2, 0) is 6.42 Å². The fraction of sp³-hybridized carbons (Fsp3) is 0.200. The molecule has 0 saturated carbocycles. The van der Waals surface area contributed by atoms with Gasteiger partial charge in [-0.3, -0.25) is 4.90 Å². The van der Waals surface area contributed by atoms with Gasteiger partial charge in [-0.05, 0) is 62.2 Å². The zero-order valence-electron chi connectivity index (χ0n) is 14.6. The average Bonchev–Trinajstić information content (AvgIpc) is 2.55. The maximum Gasteiger partial charge on any atom is 0.188 e. The van der Waals surface area contributed by atoms with Crippen LogP contribution in [0, 0.1) is 6.92 Å². The molecule has 0 fully saturated rings. The van der Waals surface area contributed by atoms with Crippen molar-refractivity contribution in [1.82, 2.24) is 0 Å². The topological polar surface area (TPSA) is 84.2 Å².